The maximum atomic E-state index is 12.5. The number of methoxy groups -OCH3 is 1. The van der Waals surface area contributed by atoms with Crippen LogP contribution in [0.5, 0.6) is 5.75 Å². The highest BCUT2D eigenvalue weighted by Crippen LogP contribution is 2.26. The van der Waals surface area contributed by atoms with Gasteiger partial charge in [0, 0.05) is 23.0 Å². The van der Waals surface area contributed by atoms with Gasteiger partial charge in [-0.15, -0.1) is 11.3 Å². The van der Waals surface area contributed by atoms with Gasteiger partial charge in [0.2, 0.25) is 0 Å². The van der Waals surface area contributed by atoms with Crippen molar-refractivity contribution in [2.75, 3.05) is 13.7 Å². The molecule has 1 aliphatic heterocycles. The molecule has 0 bridgehead atoms. The Balaban J connectivity index is 1.60. The number of thiazole rings is 1. The number of hydrogen-bond donors (Lipinski definition) is 0. The van der Waals surface area contributed by atoms with Crippen LogP contribution in [0.4, 0.5) is 0 Å². The van der Waals surface area contributed by atoms with E-state index < -0.39 is 5.97 Å². The number of nitrogens with zero attached hydrogens (tertiary/aromatic N) is 2. The Morgan fingerprint density at radius 1 is 1.19 bits per heavy atom. The topological polar surface area (TPSA) is 68.7 Å². The molecule has 1 saturated heterocycles. The lowest BCUT2D eigenvalue weighted by Gasteiger charge is -2.38. The minimum Gasteiger partial charge on any atom is -0.497 e. The number of hydrogen-bond acceptors (Lipinski definition) is 6. The fourth-order valence-corrected chi connectivity index (χ4v) is 4.22. The Bertz CT molecular complexity index is 793. The molecule has 3 rings (SSSR count). The number of carbonyl (C=O) groups is 2. The van der Waals surface area contributed by atoms with Crippen LogP contribution >= 0.6 is 11.3 Å². The van der Waals surface area contributed by atoms with E-state index in [1.807, 2.05) is 43.0 Å². The number of piperidine rings is 1. The van der Waals surface area contributed by atoms with Gasteiger partial charge in [0.25, 0.3) is 5.91 Å². The van der Waals surface area contributed by atoms with Gasteiger partial charge in [-0.05, 0) is 57.4 Å². The van der Waals surface area contributed by atoms with Crippen LogP contribution in [0.15, 0.2) is 29.6 Å². The Morgan fingerprint density at radius 2 is 1.85 bits per heavy atom. The average Bonchev–Trinajstić information content (AvgIpc) is 3.16. The largest absolute Gasteiger partial charge is 0.497 e. The van der Waals surface area contributed by atoms with Gasteiger partial charge < -0.3 is 14.4 Å². The lowest BCUT2D eigenvalue weighted by Crippen LogP contribution is -2.49. The van der Waals surface area contributed by atoms with Gasteiger partial charge in [-0.25, -0.2) is 9.78 Å². The summed E-state index contributed by atoms with van der Waals surface area (Å²) in [6, 6.07) is 7.81. The minimum atomic E-state index is -0.573. The molecule has 0 radical (unpaired) electrons. The number of aromatic nitrogens is 1. The first-order valence-corrected chi connectivity index (χ1v) is 9.95. The monoisotopic (exact) mass is 388 g/mol. The highest BCUT2D eigenvalue weighted by molar-refractivity contribution is 7.13. The Kier molecular flexibility index (Phi) is 6.11. The number of amides is 1. The zero-order valence-electron chi connectivity index (χ0n) is 15.8. The second-order valence-corrected chi connectivity index (χ2v) is 7.63. The van der Waals surface area contributed by atoms with Crippen molar-refractivity contribution in [3.63, 3.8) is 0 Å². The second-order valence-electron chi connectivity index (χ2n) is 6.77. The summed E-state index contributed by atoms with van der Waals surface area (Å²) in [5, 5.41) is 2.37. The van der Waals surface area contributed by atoms with Crippen molar-refractivity contribution in [1.82, 2.24) is 9.88 Å². The van der Waals surface area contributed by atoms with E-state index in [0.717, 1.165) is 30.6 Å². The summed E-state index contributed by atoms with van der Waals surface area (Å²) in [7, 11) is 1.61. The third-order valence-corrected chi connectivity index (χ3v) is 5.75. The average molecular weight is 388 g/mol. The second kappa shape index (κ2) is 8.52. The van der Waals surface area contributed by atoms with E-state index in [1.54, 1.807) is 12.5 Å². The van der Waals surface area contributed by atoms with Gasteiger partial charge in [0.1, 0.15) is 10.8 Å². The van der Waals surface area contributed by atoms with Crippen molar-refractivity contribution in [2.45, 2.75) is 45.2 Å². The Hall–Kier alpha value is -2.41. The van der Waals surface area contributed by atoms with E-state index in [-0.39, 0.29) is 30.3 Å². The van der Waals surface area contributed by atoms with Gasteiger partial charge in [-0.2, -0.15) is 0 Å². The first-order valence-electron chi connectivity index (χ1n) is 9.08. The molecule has 7 heteroatoms. The number of likely N-dealkylation sites (tertiary alicyclic amines) is 1. The lowest BCUT2D eigenvalue weighted by molar-refractivity contribution is -0.140. The maximum Gasteiger partial charge on any atom is 0.358 e. The van der Waals surface area contributed by atoms with E-state index in [4.69, 9.17) is 9.47 Å². The van der Waals surface area contributed by atoms with Crippen LogP contribution in [0.2, 0.25) is 0 Å². The van der Waals surface area contributed by atoms with Crippen LogP contribution in [-0.2, 0) is 9.53 Å². The smallest absolute Gasteiger partial charge is 0.358 e. The highest BCUT2D eigenvalue weighted by Gasteiger charge is 2.29. The van der Waals surface area contributed by atoms with E-state index in [1.165, 1.54) is 11.3 Å². The fraction of sp³-hybridized carbons (Fsp3) is 0.450. The molecular weight excluding hydrogens is 364 g/mol. The molecular formula is C20H24N2O4S. The highest BCUT2D eigenvalue weighted by atomic mass is 32.1. The molecule has 27 heavy (non-hydrogen) atoms. The summed E-state index contributed by atoms with van der Waals surface area (Å²) in [5.41, 5.74) is 1.12. The molecule has 1 aliphatic rings. The van der Waals surface area contributed by atoms with Crippen molar-refractivity contribution < 1.29 is 19.1 Å². The number of rotatable bonds is 5. The summed E-state index contributed by atoms with van der Waals surface area (Å²) in [5.74, 6) is 0.0416. The molecule has 0 N–H and O–H groups in total. The number of esters is 1. The zero-order chi connectivity index (χ0) is 19.4. The molecule has 144 valence electrons. The minimum absolute atomic E-state index is 0.145. The summed E-state index contributed by atoms with van der Waals surface area (Å²) < 4.78 is 10.4. The molecule has 0 unspecified atom stereocenters. The van der Waals surface area contributed by atoms with Crippen molar-refractivity contribution in [3.05, 3.63) is 35.3 Å². The van der Waals surface area contributed by atoms with Crippen LogP contribution in [0.25, 0.3) is 10.6 Å². The molecule has 1 fully saturated rings. The number of benzene rings is 1. The summed E-state index contributed by atoms with van der Waals surface area (Å²) in [6.07, 6.45) is 3.10. The zero-order valence-corrected chi connectivity index (χ0v) is 16.6. The van der Waals surface area contributed by atoms with Crippen molar-refractivity contribution in [2.24, 2.45) is 0 Å². The van der Waals surface area contributed by atoms with Gasteiger partial charge >= 0.3 is 5.97 Å². The molecule has 0 saturated carbocycles. The van der Waals surface area contributed by atoms with Crippen molar-refractivity contribution in [1.29, 1.82) is 0 Å². The predicted octanol–water partition coefficient (Wildman–Crippen LogP) is 3.77. The van der Waals surface area contributed by atoms with Crippen LogP contribution in [0.3, 0.4) is 0 Å². The number of ether oxygens (including phenoxy) is 2. The SMILES string of the molecule is COc1ccc(-c2nc(C(=O)OCC(=O)N3[C@H](C)CCC[C@@H]3C)cs2)cc1. The molecule has 2 atom stereocenters. The van der Waals surface area contributed by atoms with Crippen LogP contribution in [0, 0.1) is 0 Å². The van der Waals surface area contributed by atoms with E-state index >= 15 is 0 Å². The van der Waals surface area contributed by atoms with E-state index in [0.29, 0.717) is 5.01 Å². The molecule has 0 aliphatic carbocycles. The van der Waals surface area contributed by atoms with Gasteiger partial charge in [0.05, 0.1) is 7.11 Å². The maximum absolute atomic E-state index is 12.5. The molecule has 2 aromatic rings. The lowest BCUT2D eigenvalue weighted by atomic mass is 9.97. The summed E-state index contributed by atoms with van der Waals surface area (Å²) >= 11 is 1.36. The standard InChI is InChI=1S/C20H24N2O4S/c1-13-5-4-6-14(2)22(13)18(23)11-26-20(24)17-12-27-19(21-17)15-7-9-16(25-3)10-8-15/h7-10,12-14H,4-6,11H2,1-3H3/t13-,14+. The van der Waals surface area contributed by atoms with Crippen LogP contribution in [0.1, 0.15) is 43.6 Å². The normalized spacial score (nSPS) is 19.6. The summed E-state index contributed by atoms with van der Waals surface area (Å²) in [6.45, 7) is 3.83. The van der Waals surface area contributed by atoms with Gasteiger partial charge in [-0.3, -0.25) is 4.79 Å². The molecule has 1 aromatic heterocycles. The first-order chi connectivity index (χ1) is 13.0. The van der Waals surface area contributed by atoms with Crippen molar-refractivity contribution in [3.8, 4) is 16.3 Å². The molecule has 0 spiro atoms. The van der Waals surface area contributed by atoms with Crippen LogP contribution < -0.4 is 4.74 Å². The molecule has 6 nitrogen and oxygen atoms in total. The summed E-state index contributed by atoms with van der Waals surface area (Å²) in [4.78, 5) is 30.9. The Labute approximate surface area is 163 Å². The third kappa shape index (κ3) is 4.47. The van der Waals surface area contributed by atoms with E-state index in [9.17, 15) is 9.59 Å². The van der Waals surface area contributed by atoms with Gasteiger partial charge in [-0.1, -0.05) is 0 Å². The molecule has 1 aromatic carbocycles. The van der Waals surface area contributed by atoms with Crippen molar-refractivity contribution >= 4 is 23.2 Å². The molecule has 1 amide bonds. The quantitative estimate of drug-likeness (QED) is 0.730. The first kappa shape index (κ1) is 19.4. The van der Waals surface area contributed by atoms with Crippen LogP contribution in [-0.4, -0.2) is 47.6 Å². The molecule has 2 heterocycles. The predicted molar refractivity (Wildman–Crippen MR) is 104 cm³/mol. The fourth-order valence-electron chi connectivity index (χ4n) is 3.42. The Morgan fingerprint density at radius 3 is 2.48 bits per heavy atom. The number of carbonyl (C=O) groups excluding carboxylic acids is 2. The third-order valence-electron chi connectivity index (χ3n) is 4.86. The van der Waals surface area contributed by atoms with Gasteiger partial charge in [0.15, 0.2) is 12.3 Å². The van der Waals surface area contributed by atoms with E-state index in [2.05, 4.69) is 4.98 Å².